The van der Waals surface area contributed by atoms with Crippen molar-refractivity contribution >= 4 is 23.3 Å². The van der Waals surface area contributed by atoms with Crippen molar-refractivity contribution < 1.29 is 9.13 Å². The highest BCUT2D eigenvalue weighted by Crippen LogP contribution is 2.25. The Morgan fingerprint density at radius 2 is 2.00 bits per heavy atom. The lowest BCUT2D eigenvalue weighted by Gasteiger charge is -2.08. The zero-order valence-corrected chi connectivity index (χ0v) is 11.9. The van der Waals surface area contributed by atoms with E-state index in [-0.39, 0.29) is 5.82 Å². The zero-order chi connectivity index (χ0) is 14.3. The molecule has 20 heavy (non-hydrogen) atoms. The van der Waals surface area contributed by atoms with E-state index in [4.69, 9.17) is 17.0 Å². The standard InChI is InChI=1S/C15H13FN2OS/c1-9-3-4-10(16)7-14(9)18-13-6-5-11(19-2)8-12(13)17-15(18)20/h3-8H,1-2H3,(H,17,20). The van der Waals surface area contributed by atoms with Crippen LogP contribution >= 0.6 is 12.2 Å². The van der Waals surface area contributed by atoms with E-state index < -0.39 is 0 Å². The fourth-order valence-corrected chi connectivity index (χ4v) is 2.59. The van der Waals surface area contributed by atoms with Crippen LogP contribution in [0.1, 0.15) is 5.56 Å². The highest BCUT2D eigenvalue weighted by atomic mass is 32.1. The summed E-state index contributed by atoms with van der Waals surface area (Å²) in [6.45, 7) is 1.93. The van der Waals surface area contributed by atoms with Gasteiger partial charge in [0.05, 0.1) is 23.8 Å². The second-order valence-corrected chi connectivity index (χ2v) is 4.97. The monoisotopic (exact) mass is 288 g/mol. The molecule has 5 heteroatoms. The van der Waals surface area contributed by atoms with Crippen LogP contribution in [0, 0.1) is 17.5 Å². The summed E-state index contributed by atoms with van der Waals surface area (Å²) in [7, 11) is 1.61. The molecule has 2 aromatic carbocycles. The van der Waals surface area contributed by atoms with Crippen molar-refractivity contribution in [1.29, 1.82) is 0 Å². The third-order valence-corrected chi connectivity index (χ3v) is 3.59. The van der Waals surface area contributed by atoms with Gasteiger partial charge in [-0.3, -0.25) is 4.57 Å². The number of nitrogens with zero attached hydrogens (tertiary/aromatic N) is 1. The molecule has 0 aliphatic heterocycles. The Morgan fingerprint density at radius 3 is 2.75 bits per heavy atom. The van der Waals surface area contributed by atoms with E-state index in [1.54, 1.807) is 13.2 Å². The topological polar surface area (TPSA) is 29.9 Å². The quantitative estimate of drug-likeness (QED) is 0.718. The number of nitrogens with one attached hydrogen (secondary N) is 1. The van der Waals surface area contributed by atoms with Gasteiger partial charge in [0.15, 0.2) is 4.77 Å². The molecule has 102 valence electrons. The lowest BCUT2D eigenvalue weighted by atomic mass is 10.2. The first-order chi connectivity index (χ1) is 9.60. The molecule has 0 unspecified atom stereocenters. The van der Waals surface area contributed by atoms with E-state index in [1.807, 2.05) is 29.7 Å². The second kappa shape index (κ2) is 4.76. The minimum absolute atomic E-state index is 0.282. The van der Waals surface area contributed by atoms with E-state index >= 15 is 0 Å². The first-order valence-corrected chi connectivity index (χ1v) is 6.56. The van der Waals surface area contributed by atoms with Gasteiger partial charge in [0.2, 0.25) is 0 Å². The van der Waals surface area contributed by atoms with Crippen LogP contribution in [0.3, 0.4) is 0 Å². The highest BCUT2D eigenvalue weighted by Gasteiger charge is 2.10. The van der Waals surface area contributed by atoms with Crippen LogP contribution in [0.2, 0.25) is 0 Å². The largest absolute Gasteiger partial charge is 0.497 e. The van der Waals surface area contributed by atoms with Crippen molar-refractivity contribution in [2.24, 2.45) is 0 Å². The number of methoxy groups -OCH3 is 1. The van der Waals surface area contributed by atoms with Gasteiger partial charge in [-0.1, -0.05) is 6.07 Å². The molecule has 0 radical (unpaired) electrons. The van der Waals surface area contributed by atoms with E-state index in [0.29, 0.717) is 4.77 Å². The number of fused-ring (bicyclic) bond motifs is 1. The smallest absolute Gasteiger partial charge is 0.182 e. The van der Waals surface area contributed by atoms with Gasteiger partial charge in [-0.25, -0.2) is 4.39 Å². The SMILES string of the molecule is COc1ccc2c(c1)[nH]c(=S)n2-c1cc(F)ccc1C. The van der Waals surface area contributed by atoms with Crippen molar-refractivity contribution in [2.45, 2.75) is 6.92 Å². The van der Waals surface area contributed by atoms with E-state index in [2.05, 4.69) is 4.98 Å². The molecule has 0 aliphatic carbocycles. The second-order valence-electron chi connectivity index (χ2n) is 4.58. The Hall–Kier alpha value is -2.14. The maximum Gasteiger partial charge on any atom is 0.182 e. The van der Waals surface area contributed by atoms with Gasteiger partial charge in [-0.15, -0.1) is 0 Å². The Balaban J connectivity index is 2.33. The number of imidazole rings is 1. The number of aryl methyl sites for hydroxylation is 1. The predicted molar refractivity (Wildman–Crippen MR) is 79.7 cm³/mol. The van der Waals surface area contributed by atoms with Crippen molar-refractivity contribution in [3.05, 3.63) is 52.5 Å². The number of hydrogen-bond donors (Lipinski definition) is 1. The Morgan fingerprint density at radius 1 is 1.20 bits per heavy atom. The van der Waals surface area contributed by atoms with Gasteiger partial charge < -0.3 is 9.72 Å². The molecule has 0 aliphatic rings. The first kappa shape index (κ1) is 12.9. The number of hydrogen-bond acceptors (Lipinski definition) is 2. The molecule has 1 N–H and O–H groups in total. The third kappa shape index (κ3) is 2.00. The molecule has 0 spiro atoms. The zero-order valence-electron chi connectivity index (χ0n) is 11.1. The number of rotatable bonds is 2. The minimum atomic E-state index is -0.282. The van der Waals surface area contributed by atoms with Gasteiger partial charge in [0.25, 0.3) is 0 Å². The Labute approximate surface area is 120 Å². The summed E-state index contributed by atoms with van der Waals surface area (Å²) in [6.07, 6.45) is 0. The number of benzene rings is 2. The van der Waals surface area contributed by atoms with Gasteiger partial charge in [-0.05, 0) is 49.0 Å². The average Bonchev–Trinajstić information content (AvgIpc) is 2.76. The van der Waals surface area contributed by atoms with E-state index in [1.165, 1.54) is 12.1 Å². The van der Waals surface area contributed by atoms with Gasteiger partial charge in [0.1, 0.15) is 11.6 Å². The molecule has 1 heterocycles. The van der Waals surface area contributed by atoms with Crippen LogP contribution < -0.4 is 4.74 Å². The van der Waals surface area contributed by atoms with Crippen LogP contribution in [0.25, 0.3) is 16.7 Å². The van der Waals surface area contributed by atoms with Crippen molar-refractivity contribution in [1.82, 2.24) is 9.55 Å². The van der Waals surface area contributed by atoms with Crippen LogP contribution in [-0.2, 0) is 0 Å². The van der Waals surface area contributed by atoms with Crippen LogP contribution in [0.15, 0.2) is 36.4 Å². The number of H-pyrrole nitrogens is 1. The summed E-state index contributed by atoms with van der Waals surface area (Å²) in [4.78, 5) is 3.12. The van der Waals surface area contributed by atoms with Crippen molar-refractivity contribution in [3.63, 3.8) is 0 Å². The van der Waals surface area contributed by atoms with Gasteiger partial charge >= 0.3 is 0 Å². The molecule has 0 saturated heterocycles. The summed E-state index contributed by atoms with van der Waals surface area (Å²) in [5.74, 6) is 0.465. The lowest BCUT2D eigenvalue weighted by molar-refractivity contribution is 0.415. The number of ether oxygens (including phenoxy) is 1. The number of aromatic nitrogens is 2. The Bertz CT molecular complexity index is 851. The molecule has 3 nitrogen and oxygen atoms in total. The van der Waals surface area contributed by atoms with Gasteiger partial charge in [0, 0.05) is 6.07 Å². The van der Waals surface area contributed by atoms with Crippen LogP contribution in [0.5, 0.6) is 5.75 Å². The van der Waals surface area contributed by atoms with Gasteiger partial charge in [-0.2, -0.15) is 0 Å². The summed E-state index contributed by atoms with van der Waals surface area (Å²) in [6, 6.07) is 10.3. The minimum Gasteiger partial charge on any atom is -0.497 e. The van der Waals surface area contributed by atoms with Crippen LogP contribution in [0.4, 0.5) is 4.39 Å². The fourth-order valence-electron chi connectivity index (χ4n) is 2.28. The molecular formula is C15H13FN2OS. The maximum absolute atomic E-state index is 13.5. The highest BCUT2D eigenvalue weighted by molar-refractivity contribution is 7.71. The molecule has 0 atom stereocenters. The maximum atomic E-state index is 13.5. The van der Waals surface area contributed by atoms with Crippen molar-refractivity contribution in [2.75, 3.05) is 7.11 Å². The molecule has 3 rings (SSSR count). The van der Waals surface area contributed by atoms with Crippen LogP contribution in [-0.4, -0.2) is 16.7 Å². The summed E-state index contributed by atoms with van der Waals surface area (Å²) in [5.41, 5.74) is 3.45. The first-order valence-electron chi connectivity index (χ1n) is 6.15. The van der Waals surface area contributed by atoms with E-state index in [0.717, 1.165) is 28.0 Å². The molecule has 0 bridgehead atoms. The summed E-state index contributed by atoms with van der Waals surface area (Å²) < 4.78 is 21.1. The predicted octanol–water partition coefficient (Wildman–Crippen LogP) is 4.14. The normalized spacial score (nSPS) is 10.9. The summed E-state index contributed by atoms with van der Waals surface area (Å²) in [5, 5.41) is 0. The fraction of sp³-hybridized carbons (Fsp3) is 0.133. The molecule has 0 fully saturated rings. The molecular weight excluding hydrogens is 275 g/mol. The molecule has 1 aromatic heterocycles. The molecule has 0 saturated carbocycles. The molecule has 3 aromatic rings. The number of aromatic amines is 1. The molecule has 0 amide bonds. The van der Waals surface area contributed by atoms with Crippen molar-refractivity contribution in [3.8, 4) is 11.4 Å². The average molecular weight is 288 g/mol. The lowest BCUT2D eigenvalue weighted by Crippen LogP contribution is -1.98. The van der Waals surface area contributed by atoms with E-state index in [9.17, 15) is 4.39 Å². The number of halogens is 1. The summed E-state index contributed by atoms with van der Waals surface area (Å²) >= 11 is 5.36. The third-order valence-electron chi connectivity index (χ3n) is 3.30. The Kier molecular flexibility index (Phi) is 3.06.